The van der Waals surface area contributed by atoms with E-state index in [4.69, 9.17) is 0 Å². The zero-order chi connectivity index (χ0) is 17.5. The van der Waals surface area contributed by atoms with Gasteiger partial charge in [-0.2, -0.15) is 0 Å². The van der Waals surface area contributed by atoms with Gasteiger partial charge in [-0.15, -0.1) is 24.8 Å². The highest BCUT2D eigenvalue weighted by molar-refractivity contribution is 6.04. The molecule has 146 valence electrons. The normalized spacial score (nSPS) is 15.2. The molecule has 0 spiro atoms. The van der Waals surface area contributed by atoms with E-state index in [1.54, 1.807) is 24.5 Å². The van der Waals surface area contributed by atoms with Gasteiger partial charge in [0.05, 0.1) is 0 Å². The van der Waals surface area contributed by atoms with Crippen molar-refractivity contribution in [3.8, 4) is 0 Å². The molecule has 2 amide bonds. The Morgan fingerprint density at radius 3 is 2.63 bits per heavy atom. The maximum Gasteiger partial charge on any atom is 0.255 e. The second-order valence-corrected chi connectivity index (χ2v) is 6.16. The SMILES string of the molecule is Cl.Cl.O=C(CC1CCCN1)NCc1cccc(NC(=O)c2ccncc2)c1. The Morgan fingerprint density at radius 2 is 1.93 bits per heavy atom. The van der Waals surface area contributed by atoms with Crippen LogP contribution in [0.2, 0.25) is 0 Å². The molecule has 2 aromatic rings. The number of hydrogen-bond acceptors (Lipinski definition) is 4. The predicted molar refractivity (Wildman–Crippen MR) is 111 cm³/mol. The molecular weight excluding hydrogens is 387 g/mol. The summed E-state index contributed by atoms with van der Waals surface area (Å²) in [5.41, 5.74) is 2.20. The Morgan fingerprint density at radius 1 is 1.15 bits per heavy atom. The highest BCUT2D eigenvalue weighted by Gasteiger charge is 2.17. The standard InChI is InChI=1S/C19H22N4O2.2ClH/c24-18(12-16-5-2-8-21-16)22-13-14-3-1-4-17(11-14)23-19(25)15-6-9-20-10-7-15;;/h1,3-4,6-7,9-11,16,21H,2,5,8,12-13H2,(H,22,24)(H,23,25);2*1H. The molecule has 0 aliphatic carbocycles. The van der Waals surface area contributed by atoms with Gasteiger partial charge in [-0.25, -0.2) is 0 Å². The average Bonchev–Trinajstić information content (AvgIpc) is 3.14. The van der Waals surface area contributed by atoms with Crippen LogP contribution in [-0.2, 0) is 11.3 Å². The van der Waals surface area contributed by atoms with Gasteiger partial charge in [-0.3, -0.25) is 14.6 Å². The van der Waals surface area contributed by atoms with E-state index in [9.17, 15) is 9.59 Å². The molecule has 1 aliphatic rings. The largest absolute Gasteiger partial charge is 0.352 e. The van der Waals surface area contributed by atoms with Gasteiger partial charge in [-0.1, -0.05) is 12.1 Å². The number of rotatable bonds is 6. The number of nitrogens with one attached hydrogen (secondary N) is 3. The zero-order valence-corrected chi connectivity index (χ0v) is 16.4. The van der Waals surface area contributed by atoms with E-state index in [0.717, 1.165) is 24.9 Å². The molecule has 1 saturated heterocycles. The third-order valence-corrected chi connectivity index (χ3v) is 4.21. The van der Waals surface area contributed by atoms with E-state index in [1.807, 2.05) is 24.3 Å². The summed E-state index contributed by atoms with van der Waals surface area (Å²) in [5, 5.41) is 9.11. The van der Waals surface area contributed by atoms with Crippen molar-refractivity contribution < 1.29 is 9.59 Å². The van der Waals surface area contributed by atoms with Crippen molar-refractivity contribution in [3.05, 3.63) is 59.9 Å². The van der Waals surface area contributed by atoms with E-state index in [-0.39, 0.29) is 36.6 Å². The number of aromatic nitrogens is 1. The number of anilines is 1. The summed E-state index contributed by atoms with van der Waals surface area (Å²) in [6.07, 6.45) is 5.87. The molecule has 8 heteroatoms. The highest BCUT2D eigenvalue weighted by atomic mass is 35.5. The molecular formula is C19H24Cl2N4O2. The predicted octanol–water partition coefficient (Wildman–Crippen LogP) is 2.94. The van der Waals surface area contributed by atoms with Crippen molar-refractivity contribution in [1.82, 2.24) is 15.6 Å². The number of carbonyl (C=O) groups is 2. The van der Waals surface area contributed by atoms with Crippen molar-refractivity contribution in [2.45, 2.75) is 31.8 Å². The first-order valence-corrected chi connectivity index (χ1v) is 8.51. The van der Waals surface area contributed by atoms with Gasteiger partial charge in [0.2, 0.25) is 5.91 Å². The Balaban J connectivity index is 0.00000182. The molecule has 1 aromatic carbocycles. The van der Waals surface area contributed by atoms with Crippen molar-refractivity contribution in [2.75, 3.05) is 11.9 Å². The van der Waals surface area contributed by atoms with Crippen LogP contribution in [0.3, 0.4) is 0 Å². The van der Waals surface area contributed by atoms with Crippen molar-refractivity contribution in [3.63, 3.8) is 0 Å². The molecule has 1 aromatic heterocycles. The van der Waals surface area contributed by atoms with Gasteiger partial charge < -0.3 is 16.0 Å². The summed E-state index contributed by atoms with van der Waals surface area (Å²) >= 11 is 0. The van der Waals surface area contributed by atoms with E-state index < -0.39 is 0 Å². The second-order valence-electron chi connectivity index (χ2n) is 6.16. The van der Waals surface area contributed by atoms with E-state index in [0.29, 0.717) is 30.3 Å². The van der Waals surface area contributed by atoms with Crippen LogP contribution in [0.4, 0.5) is 5.69 Å². The average molecular weight is 411 g/mol. The molecule has 3 rings (SSSR count). The number of carbonyl (C=O) groups excluding carboxylic acids is 2. The lowest BCUT2D eigenvalue weighted by molar-refractivity contribution is -0.121. The molecule has 0 bridgehead atoms. The van der Waals surface area contributed by atoms with Crippen LogP contribution in [0.5, 0.6) is 0 Å². The Labute approximate surface area is 171 Å². The number of pyridine rings is 1. The highest BCUT2D eigenvalue weighted by Crippen LogP contribution is 2.13. The summed E-state index contributed by atoms with van der Waals surface area (Å²) in [6, 6.07) is 11.1. The van der Waals surface area contributed by atoms with E-state index in [1.165, 1.54) is 0 Å². The number of halogens is 2. The summed E-state index contributed by atoms with van der Waals surface area (Å²) < 4.78 is 0. The molecule has 3 N–H and O–H groups in total. The first kappa shape index (κ1) is 22.9. The Kier molecular flexibility index (Phi) is 9.78. The van der Waals surface area contributed by atoms with Crippen LogP contribution in [0, 0.1) is 0 Å². The summed E-state index contributed by atoms with van der Waals surface area (Å²) in [4.78, 5) is 28.1. The third-order valence-electron chi connectivity index (χ3n) is 4.21. The molecule has 1 unspecified atom stereocenters. The van der Waals surface area contributed by atoms with Crippen molar-refractivity contribution in [1.29, 1.82) is 0 Å². The fourth-order valence-corrected chi connectivity index (χ4v) is 2.89. The summed E-state index contributed by atoms with van der Waals surface area (Å²) in [5.74, 6) is -0.137. The molecule has 2 heterocycles. The van der Waals surface area contributed by atoms with Crippen molar-refractivity contribution >= 4 is 42.3 Å². The summed E-state index contributed by atoms with van der Waals surface area (Å²) in [6.45, 7) is 1.45. The van der Waals surface area contributed by atoms with Crippen LogP contribution in [0.1, 0.15) is 35.2 Å². The number of amides is 2. The van der Waals surface area contributed by atoms with Gasteiger partial charge in [0.15, 0.2) is 0 Å². The minimum absolute atomic E-state index is 0. The zero-order valence-electron chi connectivity index (χ0n) is 14.8. The van der Waals surface area contributed by atoms with Crippen LogP contribution in [-0.4, -0.2) is 29.4 Å². The van der Waals surface area contributed by atoms with E-state index in [2.05, 4.69) is 20.9 Å². The smallest absolute Gasteiger partial charge is 0.255 e. The number of hydrogen-bond donors (Lipinski definition) is 3. The minimum atomic E-state index is -0.184. The first-order valence-electron chi connectivity index (χ1n) is 8.51. The maximum atomic E-state index is 12.2. The van der Waals surface area contributed by atoms with Crippen LogP contribution in [0.25, 0.3) is 0 Å². The van der Waals surface area contributed by atoms with Gasteiger partial charge in [0, 0.05) is 42.7 Å². The van der Waals surface area contributed by atoms with Gasteiger partial charge in [0.1, 0.15) is 0 Å². The van der Waals surface area contributed by atoms with Gasteiger partial charge >= 0.3 is 0 Å². The maximum absolute atomic E-state index is 12.2. The van der Waals surface area contributed by atoms with Gasteiger partial charge in [-0.05, 0) is 49.2 Å². The Bertz CT molecular complexity index is 737. The molecule has 1 atom stereocenters. The van der Waals surface area contributed by atoms with E-state index >= 15 is 0 Å². The minimum Gasteiger partial charge on any atom is -0.352 e. The molecule has 1 aliphatic heterocycles. The van der Waals surface area contributed by atoms with Gasteiger partial charge in [0.25, 0.3) is 5.91 Å². The molecule has 0 radical (unpaired) electrons. The quantitative estimate of drug-likeness (QED) is 0.683. The molecule has 6 nitrogen and oxygen atoms in total. The Hall–Kier alpha value is -2.15. The van der Waals surface area contributed by atoms with Crippen LogP contribution < -0.4 is 16.0 Å². The topological polar surface area (TPSA) is 83.1 Å². The third kappa shape index (κ3) is 7.17. The molecule has 0 saturated carbocycles. The number of nitrogens with zero attached hydrogens (tertiary/aromatic N) is 1. The summed E-state index contributed by atoms with van der Waals surface area (Å²) in [7, 11) is 0. The van der Waals surface area contributed by atoms with Crippen LogP contribution >= 0.6 is 24.8 Å². The van der Waals surface area contributed by atoms with Crippen molar-refractivity contribution in [2.24, 2.45) is 0 Å². The lowest BCUT2D eigenvalue weighted by Crippen LogP contribution is -2.31. The fourth-order valence-electron chi connectivity index (χ4n) is 2.89. The van der Waals surface area contributed by atoms with Crippen LogP contribution in [0.15, 0.2) is 48.8 Å². The monoisotopic (exact) mass is 410 g/mol. The molecule has 1 fully saturated rings. The lowest BCUT2D eigenvalue weighted by Gasteiger charge is -2.11. The fraction of sp³-hybridized carbons (Fsp3) is 0.316. The number of benzene rings is 1. The lowest BCUT2D eigenvalue weighted by atomic mass is 10.1. The second kappa shape index (κ2) is 11.5. The molecule has 27 heavy (non-hydrogen) atoms. The first-order chi connectivity index (χ1) is 12.2.